The van der Waals surface area contributed by atoms with Gasteiger partial charge in [0.05, 0.1) is 11.1 Å². The number of rotatable bonds is 4. The highest BCUT2D eigenvalue weighted by molar-refractivity contribution is 5.84. The molecule has 26 heavy (non-hydrogen) atoms. The van der Waals surface area contributed by atoms with Gasteiger partial charge in [0.25, 0.3) is 0 Å². The van der Waals surface area contributed by atoms with Gasteiger partial charge < -0.3 is 20.4 Å². The zero-order valence-corrected chi connectivity index (χ0v) is 15.8. The molecule has 1 aromatic rings. The zero-order valence-electron chi connectivity index (χ0n) is 15.8. The molecule has 8 heteroatoms. The summed E-state index contributed by atoms with van der Waals surface area (Å²) in [4.78, 5) is 20.0. The van der Waals surface area contributed by atoms with Crippen molar-refractivity contribution in [3.8, 4) is 0 Å². The van der Waals surface area contributed by atoms with E-state index < -0.39 is 17.0 Å². The van der Waals surface area contributed by atoms with E-state index in [2.05, 4.69) is 15.6 Å². The first-order valence-corrected chi connectivity index (χ1v) is 8.66. The molecule has 0 unspecified atom stereocenters. The maximum atomic E-state index is 13.9. The number of aliphatic imine (C=N–C) groups is 1. The maximum Gasteiger partial charge on any atom is 0.227 e. The van der Waals surface area contributed by atoms with Crippen molar-refractivity contribution in [2.45, 2.75) is 13.8 Å². The highest BCUT2D eigenvalue weighted by atomic mass is 19.1. The highest BCUT2D eigenvalue weighted by Gasteiger charge is 2.28. The van der Waals surface area contributed by atoms with E-state index >= 15 is 0 Å². The van der Waals surface area contributed by atoms with Crippen molar-refractivity contribution in [3.63, 3.8) is 0 Å². The van der Waals surface area contributed by atoms with Crippen molar-refractivity contribution in [2.75, 3.05) is 51.7 Å². The van der Waals surface area contributed by atoms with E-state index in [9.17, 15) is 13.6 Å². The molecule has 1 aliphatic heterocycles. The number of benzene rings is 1. The summed E-state index contributed by atoms with van der Waals surface area (Å²) in [5.41, 5.74) is -0.287. The Labute approximate surface area is 153 Å². The molecule has 1 aromatic carbocycles. The van der Waals surface area contributed by atoms with Crippen LogP contribution >= 0.6 is 0 Å². The smallest absolute Gasteiger partial charge is 0.227 e. The molecule has 0 bridgehead atoms. The van der Waals surface area contributed by atoms with Crippen molar-refractivity contribution in [1.29, 1.82) is 0 Å². The summed E-state index contributed by atoms with van der Waals surface area (Å²) in [5, 5.41) is 5.89. The number of guanidine groups is 1. The minimum Gasteiger partial charge on any atom is -0.366 e. The van der Waals surface area contributed by atoms with Crippen molar-refractivity contribution in [1.82, 2.24) is 15.5 Å². The number of nitrogens with zero attached hydrogens (tertiary/aromatic N) is 3. The summed E-state index contributed by atoms with van der Waals surface area (Å²) >= 11 is 0. The van der Waals surface area contributed by atoms with Crippen LogP contribution in [0.1, 0.15) is 13.8 Å². The molecule has 1 heterocycles. The lowest BCUT2D eigenvalue weighted by Crippen LogP contribution is -2.54. The molecule has 0 aromatic heterocycles. The molecule has 0 radical (unpaired) electrons. The van der Waals surface area contributed by atoms with Gasteiger partial charge in [-0.15, -0.1) is 0 Å². The maximum absolute atomic E-state index is 13.9. The lowest BCUT2D eigenvalue weighted by atomic mass is 9.92. The number of halogens is 2. The van der Waals surface area contributed by atoms with Gasteiger partial charge in [0.15, 0.2) is 5.96 Å². The second-order valence-corrected chi connectivity index (χ2v) is 6.93. The predicted octanol–water partition coefficient (Wildman–Crippen LogP) is 1.43. The van der Waals surface area contributed by atoms with Crippen LogP contribution in [0.4, 0.5) is 14.5 Å². The van der Waals surface area contributed by atoms with Crippen LogP contribution in [-0.4, -0.2) is 63.6 Å². The molecule has 0 aliphatic carbocycles. The molecule has 1 fully saturated rings. The first kappa shape index (κ1) is 19.9. The molecule has 0 spiro atoms. The number of amides is 1. The molecule has 144 valence electrons. The average Bonchev–Trinajstić information content (AvgIpc) is 2.64. The third-order valence-corrected chi connectivity index (χ3v) is 4.57. The molecule has 2 rings (SSSR count). The van der Waals surface area contributed by atoms with E-state index in [1.54, 1.807) is 14.1 Å². The molecule has 1 saturated heterocycles. The SMILES string of the molecule is CN=C(NCC(C)(C)C(=O)NC)N1CCN(c2cc(F)ccc2F)CC1. The summed E-state index contributed by atoms with van der Waals surface area (Å²) in [6.45, 7) is 6.51. The number of carbonyl (C=O) groups is 1. The number of hydrogen-bond acceptors (Lipinski definition) is 3. The van der Waals surface area contributed by atoms with E-state index in [1.807, 2.05) is 23.6 Å². The number of hydrogen-bond donors (Lipinski definition) is 2. The van der Waals surface area contributed by atoms with Gasteiger partial charge in [-0.05, 0) is 26.0 Å². The van der Waals surface area contributed by atoms with E-state index in [-0.39, 0.29) is 11.6 Å². The second kappa shape index (κ2) is 8.33. The van der Waals surface area contributed by atoms with Crippen LogP contribution in [0.25, 0.3) is 0 Å². The normalized spacial score (nSPS) is 15.8. The summed E-state index contributed by atoms with van der Waals surface area (Å²) in [6, 6.07) is 3.50. The van der Waals surface area contributed by atoms with Crippen molar-refractivity contribution in [3.05, 3.63) is 29.8 Å². The largest absolute Gasteiger partial charge is 0.366 e. The van der Waals surface area contributed by atoms with Gasteiger partial charge in [0, 0.05) is 52.9 Å². The lowest BCUT2D eigenvalue weighted by molar-refractivity contribution is -0.128. The summed E-state index contributed by atoms with van der Waals surface area (Å²) in [7, 11) is 3.30. The lowest BCUT2D eigenvalue weighted by Gasteiger charge is -2.38. The first-order valence-electron chi connectivity index (χ1n) is 8.66. The van der Waals surface area contributed by atoms with Crippen LogP contribution in [0.5, 0.6) is 0 Å². The van der Waals surface area contributed by atoms with Crippen LogP contribution in [0.3, 0.4) is 0 Å². The fourth-order valence-corrected chi connectivity index (χ4v) is 2.94. The minimum absolute atomic E-state index is 0.0492. The topological polar surface area (TPSA) is 60.0 Å². The van der Waals surface area contributed by atoms with Gasteiger partial charge in [-0.2, -0.15) is 0 Å². The predicted molar refractivity (Wildman–Crippen MR) is 99.4 cm³/mol. The first-order chi connectivity index (χ1) is 12.3. The standard InChI is InChI=1S/C18H27F2N5O/c1-18(2,16(26)21-3)12-23-17(22-4)25-9-7-24(8-10-25)15-11-13(19)5-6-14(15)20/h5-6,11H,7-10,12H2,1-4H3,(H,21,26)(H,22,23). The second-order valence-electron chi connectivity index (χ2n) is 6.93. The van der Waals surface area contributed by atoms with E-state index in [4.69, 9.17) is 0 Å². The Balaban J connectivity index is 1.95. The molecule has 0 atom stereocenters. The molecule has 1 amide bonds. The number of nitrogens with one attached hydrogen (secondary N) is 2. The van der Waals surface area contributed by atoms with Crippen molar-refractivity contribution >= 4 is 17.6 Å². The van der Waals surface area contributed by atoms with Gasteiger partial charge in [-0.25, -0.2) is 8.78 Å². The van der Waals surface area contributed by atoms with Crippen molar-refractivity contribution < 1.29 is 13.6 Å². The van der Waals surface area contributed by atoms with Crippen LogP contribution in [0.15, 0.2) is 23.2 Å². The van der Waals surface area contributed by atoms with Crippen LogP contribution in [0, 0.1) is 17.0 Å². The Morgan fingerprint density at radius 1 is 1.23 bits per heavy atom. The van der Waals surface area contributed by atoms with E-state index in [0.29, 0.717) is 38.7 Å². The highest BCUT2D eigenvalue weighted by Crippen LogP contribution is 2.22. The number of piperazine rings is 1. The fourth-order valence-electron chi connectivity index (χ4n) is 2.94. The van der Waals surface area contributed by atoms with Crippen molar-refractivity contribution in [2.24, 2.45) is 10.4 Å². The minimum atomic E-state index is -0.572. The third-order valence-electron chi connectivity index (χ3n) is 4.57. The van der Waals surface area contributed by atoms with E-state index in [0.717, 1.165) is 12.1 Å². The molecule has 0 saturated carbocycles. The van der Waals surface area contributed by atoms with Gasteiger partial charge in [0.2, 0.25) is 5.91 Å². The van der Waals surface area contributed by atoms with Crippen LogP contribution in [-0.2, 0) is 4.79 Å². The third kappa shape index (κ3) is 4.62. The Kier molecular flexibility index (Phi) is 6.39. The summed E-state index contributed by atoms with van der Waals surface area (Å²) in [5.74, 6) is -0.222. The summed E-state index contributed by atoms with van der Waals surface area (Å²) in [6.07, 6.45) is 0. The molecule has 1 aliphatic rings. The van der Waals surface area contributed by atoms with Gasteiger partial charge in [-0.3, -0.25) is 9.79 Å². The Morgan fingerprint density at radius 3 is 2.46 bits per heavy atom. The van der Waals surface area contributed by atoms with Gasteiger partial charge >= 0.3 is 0 Å². The monoisotopic (exact) mass is 367 g/mol. The van der Waals surface area contributed by atoms with Gasteiger partial charge in [-0.1, -0.05) is 0 Å². The summed E-state index contributed by atoms with van der Waals surface area (Å²) < 4.78 is 27.3. The molecule has 2 N–H and O–H groups in total. The zero-order chi connectivity index (χ0) is 19.3. The Bertz CT molecular complexity index is 670. The van der Waals surface area contributed by atoms with Gasteiger partial charge in [0.1, 0.15) is 11.6 Å². The van der Waals surface area contributed by atoms with Crippen LogP contribution < -0.4 is 15.5 Å². The molecular weight excluding hydrogens is 340 g/mol. The quantitative estimate of drug-likeness (QED) is 0.625. The molecular formula is C18H27F2N5O. The fraction of sp³-hybridized carbons (Fsp3) is 0.556. The molecule has 6 nitrogen and oxygen atoms in total. The average molecular weight is 367 g/mol. The number of carbonyl (C=O) groups excluding carboxylic acids is 1. The Hall–Kier alpha value is -2.38. The van der Waals surface area contributed by atoms with E-state index in [1.165, 1.54) is 6.07 Å². The number of anilines is 1. The van der Waals surface area contributed by atoms with Crippen LogP contribution in [0.2, 0.25) is 0 Å². The Morgan fingerprint density at radius 2 is 1.88 bits per heavy atom.